The van der Waals surface area contributed by atoms with E-state index in [-0.39, 0.29) is 5.91 Å². The topological polar surface area (TPSA) is 46.4 Å². The number of nitrogens with zero attached hydrogens (tertiary/aromatic N) is 2. The molecule has 0 bridgehead atoms. The summed E-state index contributed by atoms with van der Waals surface area (Å²) < 4.78 is 2.17. The Labute approximate surface area is 151 Å². The first-order chi connectivity index (χ1) is 12.8. The van der Waals surface area contributed by atoms with Crippen molar-refractivity contribution in [2.45, 2.75) is 13.5 Å². The van der Waals surface area contributed by atoms with Crippen LogP contribution in [0.25, 0.3) is 21.7 Å². The normalized spacial score (nSPS) is 11.4. The van der Waals surface area contributed by atoms with Crippen LogP contribution in [0.5, 0.6) is 0 Å². The second kappa shape index (κ2) is 6.84. The van der Waals surface area contributed by atoms with E-state index in [1.807, 2.05) is 54.6 Å². The number of fused-ring (bicyclic) bond motifs is 2. The lowest BCUT2D eigenvalue weighted by Crippen LogP contribution is -2.17. The van der Waals surface area contributed by atoms with E-state index in [0.29, 0.717) is 5.56 Å². The Hall–Kier alpha value is -3.40. The minimum atomic E-state index is -0.216. The zero-order valence-electron chi connectivity index (χ0n) is 14.5. The molecule has 0 unspecified atom stereocenters. The van der Waals surface area contributed by atoms with E-state index >= 15 is 0 Å². The highest BCUT2D eigenvalue weighted by molar-refractivity contribution is 6.01. The van der Waals surface area contributed by atoms with E-state index < -0.39 is 0 Å². The fourth-order valence-electron chi connectivity index (χ4n) is 3.20. The predicted molar refractivity (Wildman–Crippen MR) is 107 cm³/mol. The van der Waals surface area contributed by atoms with E-state index in [0.717, 1.165) is 33.8 Å². The van der Waals surface area contributed by atoms with Crippen LogP contribution in [0.3, 0.4) is 0 Å². The van der Waals surface area contributed by atoms with Gasteiger partial charge in [0.25, 0.3) is 5.91 Å². The fraction of sp³-hybridized carbons (Fsp3) is 0.0909. The number of benzene rings is 3. The molecule has 3 aromatic carbocycles. The summed E-state index contributed by atoms with van der Waals surface area (Å²) >= 11 is 0. The smallest absolute Gasteiger partial charge is 0.271 e. The highest BCUT2D eigenvalue weighted by Gasteiger charge is 2.07. The minimum absolute atomic E-state index is 0.216. The number of hydrogen-bond acceptors (Lipinski definition) is 2. The van der Waals surface area contributed by atoms with Crippen LogP contribution >= 0.6 is 0 Å². The Morgan fingerprint density at radius 2 is 1.81 bits per heavy atom. The summed E-state index contributed by atoms with van der Waals surface area (Å²) in [5, 5.41) is 7.43. The Balaban J connectivity index is 1.55. The van der Waals surface area contributed by atoms with Crippen molar-refractivity contribution in [3.63, 3.8) is 0 Å². The molecule has 0 fully saturated rings. The third-order valence-electron chi connectivity index (χ3n) is 4.54. The third-order valence-corrected chi connectivity index (χ3v) is 4.54. The van der Waals surface area contributed by atoms with Gasteiger partial charge in [-0.05, 0) is 35.9 Å². The number of hydrogen-bond donors (Lipinski definition) is 1. The third kappa shape index (κ3) is 2.97. The lowest BCUT2D eigenvalue weighted by molar-refractivity contribution is 0.0955. The van der Waals surface area contributed by atoms with Gasteiger partial charge in [0, 0.05) is 34.8 Å². The van der Waals surface area contributed by atoms with E-state index in [1.165, 1.54) is 0 Å². The Kier molecular flexibility index (Phi) is 4.23. The van der Waals surface area contributed by atoms with Gasteiger partial charge in [0.1, 0.15) is 0 Å². The van der Waals surface area contributed by atoms with Crippen LogP contribution in [0.4, 0.5) is 0 Å². The molecule has 1 amide bonds. The molecule has 4 aromatic rings. The first-order valence-electron chi connectivity index (χ1n) is 8.66. The summed E-state index contributed by atoms with van der Waals surface area (Å²) in [5.74, 6) is -0.216. The van der Waals surface area contributed by atoms with Crippen molar-refractivity contribution in [1.29, 1.82) is 0 Å². The predicted octanol–water partition coefficient (Wildman–Crippen LogP) is 4.58. The summed E-state index contributed by atoms with van der Waals surface area (Å²) in [6.07, 6.45) is 3.75. The number of hydrazone groups is 1. The molecule has 0 aliphatic heterocycles. The van der Waals surface area contributed by atoms with Crippen LogP contribution in [-0.4, -0.2) is 16.7 Å². The number of carbonyl (C=O) groups excluding carboxylic acids is 1. The summed E-state index contributed by atoms with van der Waals surface area (Å²) in [5.41, 5.74) is 5.37. The van der Waals surface area contributed by atoms with E-state index in [2.05, 4.69) is 40.3 Å². The minimum Gasteiger partial charge on any atom is -0.347 e. The van der Waals surface area contributed by atoms with Gasteiger partial charge in [0.15, 0.2) is 0 Å². The quantitative estimate of drug-likeness (QED) is 0.429. The van der Waals surface area contributed by atoms with Gasteiger partial charge in [0.05, 0.1) is 6.21 Å². The zero-order valence-corrected chi connectivity index (χ0v) is 14.5. The zero-order chi connectivity index (χ0) is 17.9. The number of carbonyl (C=O) groups is 1. The molecule has 128 valence electrons. The summed E-state index contributed by atoms with van der Waals surface area (Å²) in [7, 11) is 0. The van der Waals surface area contributed by atoms with Crippen LogP contribution < -0.4 is 5.43 Å². The molecule has 0 radical (unpaired) electrons. The first-order valence-corrected chi connectivity index (χ1v) is 8.66. The molecule has 26 heavy (non-hydrogen) atoms. The average molecular weight is 341 g/mol. The fourth-order valence-corrected chi connectivity index (χ4v) is 3.20. The van der Waals surface area contributed by atoms with Gasteiger partial charge in [0.2, 0.25) is 0 Å². The maximum absolute atomic E-state index is 12.4. The van der Waals surface area contributed by atoms with Crippen molar-refractivity contribution in [3.05, 3.63) is 84.1 Å². The van der Waals surface area contributed by atoms with Crippen molar-refractivity contribution < 1.29 is 4.79 Å². The number of nitrogens with one attached hydrogen (secondary N) is 1. The van der Waals surface area contributed by atoms with Crippen molar-refractivity contribution in [2.24, 2.45) is 5.10 Å². The Morgan fingerprint density at radius 1 is 1.04 bits per heavy atom. The molecule has 0 saturated carbocycles. The maximum atomic E-state index is 12.4. The molecular formula is C22H19N3O. The van der Waals surface area contributed by atoms with Crippen molar-refractivity contribution in [3.8, 4) is 0 Å². The molecule has 4 nitrogen and oxygen atoms in total. The van der Waals surface area contributed by atoms with Gasteiger partial charge in [-0.2, -0.15) is 5.10 Å². The lowest BCUT2D eigenvalue weighted by atomic mass is 10.1. The molecule has 0 saturated heterocycles. The molecule has 1 N–H and O–H groups in total. The SMILES string of the molecule is CCn1cc(/C=N\NC(=O)c2ccc3ccccc3c2)c2ccccc21. The summed E-state index contributed by atoms with van der Waals surface area (Å²) in [4.78, 5) is 12.4. The van der Waals surface area contributed by atoms with Crippen molar-refractivity contribution in [1.82, 2.24) is 9.99 Å². The van der Waals surface area contributed by atoms with Crippen molar-refractivity contribution >= 4 is 33.8 Å². The maximum Gasteiger partial charge on any atom is 0.271 e. The monoisotopic (exact) mass is 341 g/mol. The summed E-state index contributed by atoms with van der Waals surface area (Å²) in [6.45, 7) is 2.99. The standard InChI is InChI=1S/C22H19N3O/c1-2-25-15-19(20-9-5-6-10-21(20)25)14-23-24-22(26)18-12-11-16-7-3-4-8-17(16)13-18/h3-15H,2H2,1H3,(H,24,26)/b23-14-. The van der Waals surface area contributed by atoms with E-state index in [9.17, 15) is 4.79 Å². The molecular weight excluding hydrogens is 322 g/mol. The van der Waals surface area contributed by atoms with Gasteiger partial charge in [-0.3, -0.25) is 4.79 Å². The van der Waals surface area contributed by atoms with Crippen LogP contribution in [0.2, 0.25) is 0 Å². The Bertz CT molecular complexity index is 1120. The van der Waals surface area contributed by atoms with E-state index in [4.69, 9.17) is 0 Å². The Morgan fingerprint density at radius 3 is 2.65 bits per heavy atom. The van der Waals surface area contributed by atoms with Crippen molar-refractivity contribution in [2.75, 3.05) is 0 Å². The second-order valence-electron chi connectivity index (χ2n) is 6.15. The lowest BCUT2D eigenvalue weighted by Gasteiger charge is -2.02. The molecule has 0 atom stereocenters. The largest absolute Gasteiger partial charge is 0.347 e. The highest BCUT2D eigenvalue weighted by atomic mass is 16.2. The molecule has 1 heterocycles. The molecule has 1 aromatic heterocycles. The summed E-state index contributed by atoms with van der Waals surface area (Å²) in [6, 6.07) is 21.8. The molecule has 4 rings (SSSR count). The highest BCUT2D eigenvalue weighted by Crippen LogP contribution is 2.20. The number of amides is 1. The van der Waals surface area contributed by atoms with Gasteiger partial charge >= 0.3 is 0 Å². The van der Waals surface area contributed by atoms with Crippen LogP contribution in [0.1, 0.15) is 22.8 Å². The first kappa shape index (κ1) is 16.1. The number of para-hydroxylation sites is 1. The molecule has 0 aliphatic rings. The molecule has 0 spiro atoms. The molecule has 0 aliphatic carbocycles. The van der Waals surface area contributed by atoms with Gasteiger partial charge < -0.3 is 4.57 Å². The van der Waals surface area contributed by atoms with Crippen LogP contribution in [0.15, 0.2) is 78.0 Å². The number of aryl methyl sites for hydroxylation is 1. The van der Waals surface area contributed by atoms with Gasteiger partial charge in [-0.1, -0.05) is 48.5 Å². The van der Waals surface area contributed by atoms with Crippen LogP contribution in [-0.2, 0) is 6.54 Å². The number of aromatic nitrogens is 1. The average Bonchev–Trinajstić information content (AvgIpc) is 3.05. The molecule has 4 heteroatoms. The van der Waals surface area contributed by atoms with Gasteiger partial charge in [-0.25, -0.2) is 5.43 Å². The number of rotatable bonds is 4. The van der Waals surface area contributed by atoms with Gasteiger partial charge in [-0.15, -0.1) is 0 Å². The second-order valence-corrected chi connectivity index (χ2v) is 6.15. The van der Waals surface area contributed by atoms with E-state index in [1.54, 1.807) is 6.21 Å². The van der Waals surface area contributed by atoms with Crippen LogP contribution in [0, 0.1) is 0 Å².